The minimum Gasteiger partial charge on any atom is -0.497 e. The van der Waals surface area contributed by atoms with Gasteiger partial charge in [-0.15, -0.1) is 0 Å². The lowest BCUT2D eigenvalue weighted by Gasteiger charge is -2.18. The highest BCUT2D eigenvalue weighted by Crippen LogP contribution is 2.26. The van der Waals surface area contributed by atoms with E-state index in [1.807, 2.05) is 36.0 Å². The summed E-state index contributed by atoms with van der Waals surface area (Å²) in [4.78, 5) is 0. The Hall–Kier alpha value is -0.870. The molecule has 1 aromatic rings. The second kappa shape index (κ2) is 6.17. The van der Waals surface area contributed by atoms with Crippen LogP contribution in [0.2, 0.25) is 0 Å². The van der Waals surface area contributed by atoms with Crippen LogP contribution in [0.25, 0.3) is 0 Å². The van der Waals surface area contributed by atoms with Gasteiger partial charge in [0.2, 0.25) is 0 Å². The van der Waals surface area contributed by atoms with Gasteiger partial charge in [0, 0.05) is 6.04 Å². The van der Waals surface area contributed by atoms with Gasteiger partial charge in [-0.2, -0.15) is 11.8 Å². The molecule has 17 heavy (non-hydrogen) atoms. The second-order valence-corrected chi connectivity index (χ2v) is 5.42. The molecule has 1 aromatic carbocycles. The summed E-state index contributed by atoms with van der Waals surface area (Å²) >= 11 is 1.99. The molecule has 0 aliphatic carbocycles. The van der Waals surface area contributed by atoms with Gasteiger partial charge in [-0.25, -0.2) is 0 Å². The minimum atomic E-state index is 0.145. The number of hydrogen-bond donors (Lipinski definition) is 1. The van der Waals surface area contributed by atoms with Crippen LogP contribution in [0.5, 0.6) is 11.5 Å². The first-order valence-electron chi connectivity index (χ1n) is 5.90. The molecule has 0 saturated carbocycles. The largest absolute Gasteiger partial charge is 0.497 e. The van der Waals surface area contributed by atoms with E-state index in [-0.39, 0.29) is 6.04 Å². The Morgan fingerprint density at radius 1 is 1.35 bits per heavy atom. The van der Waals surface area contributed by atoms with Crippen molar-refractivity contribution in [3.8, 4) is 11.5 Å². The Kier molecular flexibility index (Phi) is 4.57. The summed E-state index contributed by atoms with van der Waals surface area (Å²) in [7, 11) is 1.66. The standard InChI is InChI=1S/C13H19NO2S/c1-15-11-2-4-12(5-3-11)16-8-13(14)10-6-7-17-9-10/h2-5,10,13H,6-9,14H2,1H3. The fraction of sp³-hybridized carbons (Fsp3) is 0.538. The van der Waals surface area contributed by atoms with Crippen molar-refractivity contribution in [2.24, 2.45) is 11.7 Å². The topological polar surface area (TPSA) is 44.5 Å². The maximum Gasteiger partial charge on any atom is 0.119 e. The second-order valence-electron chi connectivity index (χ2n) is 4.27. The molecule has 0 amide bonds. The lowest BCUT2D eigenvalue weighted by atomic mass is 10.0. The Labute approximate surface area is 107 Å². The lowest BCUT2D eigenvalue weighted by Crippen LogP contribution is -2.35. The highest BCUT2D eigenvalue weighted by molar-refractivity contribution is 7.99. The fourth-order valence-corrected chi connectivity index (χ4v) is 3.24. The van der Waals surface area contributed by atoms with E-state index in [2.05, 4.69) is 0 Å². The van der Waals surface area contributed by atoms with Crippen LogP contribution < -0.4 is 15.2 Å². The summed E-state index contributed by atoms with van der Waals surface area (Å²) in [6.45, 7) is 0.595. The van der Waals surface area contributed by atoms with E-state index in [1.165, 1.54) is 17.9 Å². The minimum absolute atomic E-state index is 0.145. The monoisotopic (exact) mass is 253 g/mol. The molecular weight excluding hydrogens is 234 g/mol. The zero-order valence-electron chi connectivity index (χ0n) is 10.1. The highest BCUT2D eigenvalue weighted by Gasteiger charge is 2.22. The molecule has 2 atom stereocenters. The molecule has 94 valence electrons. The number of rotatable bonds is 5. The van der Waals surface area contributed by atoms with Crippen LogP contribution in [-0.4, -0.2) is 31.3 Å². The van der Waals surface area contributed by atoms with E-state index in [0.29, 0.717) is 12.5 Å². The molecule has 1 fully saturated rings. The molecule has 0 aromatic heterocycles. The van der Waals surface area contributed by atoms with Crippen LogP contribution >= 0.6 is 11.8 Å². The maximum absolute atomic E-state index is 6.12. The van der Waals surface area contributed by atoms with Crippen LogP contribution in [0, 0.1) is 5.92 Å². The molecule has 1 saturated heterocycles. The van der Waals surface area contributed by atoms with Crippen molar-refractivity contribution >= 4 is 11.8 Å². The third-order valence-electron chi connectivity index (χ3n) is 3.07. The molecule has 0 bridgehead atoms. The highest BCUT2D eigenvalue weighted by atomic mass is 32.2. The Morgan fingerprint density at radius 3 is 2.65 bits per heavy atom. The van der Waals surface area contributed by atoms with Crippen LogP contribution in [0.4, 0.5) is 0 Å². The number of hydrogen-bond acceptors (Lipinski definition) is 4. The first-order valence-corrected chi connectivity index (χ1v) is 7.05. The summed E-state index contributed by atoms with van der Waals surface area (Å²) in [6.07, 6.45) is 1.22. The third-order valence-corrected chi connectivity index (χ3v) is 4.26. The average molecular weight is 253 g/mol. The molecule has 3 nitrogen and oxygen atoms in total. The molecule has 1 aliphatic heterocycles. The van der Waals surface area contributed by atoms with Crippen molar-refractivity contribution in [2.75, 3.05) is 25.2 Å². The van der Waals surface area contributed by atoms with E-state index >= 15 is 0 Å². The van der Waals surface area contributed by atoms with Crippen molar-refractivity contribution < 1.29 is 9.47 Å². The van der Waals surface area contributed by atoms with Gasteiger partial charge < -0.3 is 15.2 Å². The first kappa shape index (κ1) is 12.6. The van der Waals surface area contributed by atoms with Crippen LogP contribution in [0.1, 0.15) is 6.42 Å². The zero-order chi connectivity index (χ0) is 12.1. The van der Waals surface area contributed by atoms with Gasteiger partial charge in [-0.05, 0) is 48.1 Å². The Balaban J connectivity index is 1.80. The van der Waals surface area contributed by atoms with E-state index in [9.17, 15) is 0 Å². The molecule has 2 unspecified atom stereocenters. The molecular formula is C13H19NO2S. The van der Waals surface area contributed by atoms with Crippen molar-refractivity contribution in [3.63, 3.8) is 0 Å². The van der Waals surface area contributed by atoms with Crippen molar-refractivity contribution in [2.45, 2.75) is 12.5 Å². The van der Waals surface area contributed by atoms with E-state index in [0.717, 1.165) is 11.5 Å². The van der Waals surface area contributed by atoms with Crippen molar-refractivity contribution in [1.82, 2.24) is 0 Å². The van der Waals surface area contributed by atoms with Gasteiger partial charge >= 0.3 is 0 Å². The smallest absolute Gasteiger partial charge is 0.119 e. The molecule has 0 radical (unpaired) electrons. The molecule has 0 spiro atoms. The predicted octanol–water partition coefficient (Wildman–Crippen LogP) is 2.15. The molecule has 4 heteroatoms. The fourth-order valence-electron chi connectivity index (χ4n) is 1.89. The number of benzene rings is 1. The van der Waals surface area contributed by atoms with Crippen LogP contribution in [-0.2, 0) is 0 Å². The van der Waals surface area contributed by atoms with Gasteiger partial charge in [-0.3, -0.25) is 0 Å². The number of methoxy groups -OCH3 is 1. The van der Waals surface area contributed by atoms with Gasteiger partial charge in [-0.1, -0.05) is 0 Å². The quantitative estimate of drug-likeness (QED) is 0.873. The Bertz CT molecular complexity index is 336. The molecule has 2 rings (SSSR count). The number of ether oxygens (including phenoxy) is 2. The van der Waals surface area contributed by atoms with Crippen LogP contribution in [0.3, 0.4) is 0 Å². The molecule has 1 aliphatic rings. The summed E-state index contributed by atoms with van der Waals surface area (Å²) in [6, 6.07) is 7.76. The van der Waals surface area contributed by atoms with Crippen molar-refractivity contribution in [3.05, 3.63) is 24.3 Å². The molecule has 2 N–H and O–H groups in total. The average Bonchev–Trinajstić information content (AvgIpc) is 2.90. The Morgan fingerprint density at radius 2 is 2.06 bits per heavy atom. The number of thioether (sulfide) groups is 1. The lowest BCUT2D eigenvalue weighted by molar-refractivity contribution is 0.254. The summed E-state index contributed by atoms with van der Waals surface area (Å²) in [5, 5.41) is 0. The normalized spacial score (nSPS) is 21.2. The summed E-state index contributed by atoms with van der Waals surface area (Å²) < 4.78 is 10.8. The van der Waals surface area contributed by atoms with E-state index < -0.39 is 0 Å². The van der Waals surface area contributed by atoms with Gasteiger partial charge in [0.05, 0.1) is 7.11 Å². The maximum atomic E-state index is 6.12. The molecule has 1 heterocycles. The van der Waals surface area contributed by atoms with Gasteiger partial charge in [0.1, 0.15) is 18.1 Å². The third kappa shape index (κ3) is 3.54. The predicted molar refractivity (Wildman–Crippen MR) is 71.9 cm³/mol. The van der Waals surface area contributed by atoms with E-state index in [1.54, 1.807) is 7.11 Å². The number of nitrogens with two attached hydrogens (primary N) is 1. The summed E-state index contributed by atoms with van der Waals surface area (Å²) in [5.74, 6) is 4.72. The zero-order valence-corrected chi connectivity index (χ0v) is 10.9. The SMILES string of the molecule is COc1ccc(OCC(N)C2CCSC2)cc1. The van der Waals surface area contributed by atoms with Gasteiger partial charge in [0.15, 0.2) is 0 Å². The van der Waals surface area contributed by atoms with Crippen LogP contribution in [0.15, 0.2) is 24.3 Å². The first-order chi connectivity index (χ1) is 8.29. The van der Waals surface area contributed by atoms with Crippen molar-refractivity contribution in [1.29, 1.82) is 0 Å². The van der Waals surface area contributed by atoms with Gasteiger partial charge in [0.25, 0.3) is 0 Å². The summed E-state index contributed by atoms with van der Waals surface area (Å²) in [5.41, 5.74) is 6.12. The van der Waals surface area contributed by atoms with E-state index in [4.69, 9.17) is 15.2 Å².